The maximum absolute atomic E-state index is 13.9. The van der Waals surface area contributed by atoms with E-state index in [2.05, 4.69) is 5.32 Å². The van der Waals surface area contributed by atoms with Crippen LogP contribution in [-0.2, 0) is 32.5 Å². The summed E-state index contributed by atoms with van der Waals surface area (Å²) in [6.07, 6.45) is 0.168. The van der Waals surface area contributed by atoms with Gasteiger partial charge < -0.3 is 19.9 Å². The van der Waals surface area contributed by atoms with Crippen LogP contribution in [0.25, 0.3) is 11.1 Å². The fraction of sp³-hybridized carbons (Fsp3) is 0.188. The van der Waals surface area contributed by atoms with Crippen molar-refractivity contribution in [1.82, 2.24) is 5.32 Å². The third-order valence-electron chi connectivity index (χ3n) is 6.99. The molecule has 1 aliphatic heterocycles. The van der Waals surface area contributed by atoms with E-state index in [4.69, 9.17) is 14.6 Å². The van der Waals surface area contributed by atoms with Crippen LogP contribution in [0.3, 0.4) is 0 Å². The van der Waals surface area contributed by atoms with E-state index in [-0.39, 0.29) is 30.9 Å². The number of benzene rings is 4. The lowest BCUT2D eigenvalue weighted by Crippen LogP contribution is -2.48. The predicted octanol–water partition coefficient (Wildman–Crippen LogP) is 4.30. The molecule has 5 rings (SSSR count). The Kier molecular flexibility index (Phi) is 8.44. The summed E-state index contributed by atoms with van der Waals surface area (Å²) in [4.78, 5) is 24.2. The second-order valence-electron chi connectivity index (χ2n) is 9.76. The molecule has 1 atom stereocenters. The molecular formula is C32H30N2O7S. The maximum Gasteiger partial charge on any atom is 0.307 e. The van der Waals surface area contributed by atoms with Crippen molar-refractivity contribution in [2.24, 2.45) is 0 Å². The van der Waals surface area contributed by atoms with Gasteiger partial charge in [-0.05, 0) is 64.7 Å². The number of nitrogens with one attached hydrogen (secondary N) is 1. The van der Waals surface area contributed by atoms with Crippen molar-refractivity contribution in [1.29, 1.82) is 0 Å². The number of carbonyl (C=O) groups excluding carboxylic acids is 1. The van der Waals surface area contributed by atoms with Crippen LogP contribution in [0.15, 0.2) is 102 Å². The number of ether oxygens (including phenoxy) is 2. The van der Waals surface area contributed by atoms with Gasteiger partial charge >= 0.3 is 5.97 Å². The van der Waals surface area contributed by atoms with E-state index in [1.54, 1.807) is 67.8 Å². The number of fused-ring (bicyclic) bond motifs is 1. The molecule has 2 N–H and O–H groups in total. The van der Waals surface area contributed by atoms with E-state index in [0.717, 1.165) is 16.7 Å². The van der Waals surface area contributed by atoms with Crippen molar-refractivity contribution < 1.29 is 32.6 Å². The van der Waals surface area contributed by atoms with Gasteiger partial charge in [0.1, 0.15) is 24.1 Å². The maximum atomic E-state index is 13.9. The highest BCUT2D eigenvalue weighted by Gasteiger charge is 2.42. The van der Waals surface area contributed by atoms with E-state index in [0.29, 0.717) is 22.7 Å². The number of carboxylic acids is 1. The number of hydrogen-bond acceptors (Lipinski definition) is 6. The van der Waals surface area contributed by atoms with Gasteiger partial charge in [0, 0.05) is 6.42 Å². The van der Waals surface area contributed by atoms with Crippen LogP contribution in [-0.4, -0.2) is 51.7 Å². The van der Waals surface area contributed by atoms with E-state index in [1.165, 1.54) is 4.31 Å². The summed E-state index contributed by atoms with van der Waals surface area (Å²) in [7, 11) is -2.48. The lowest BCUT2D eigenvalue weighted by atomic mass is 10.1. The minimum atomic E-state index is -4.07. The van der Waals surface area contributed by atoms with Crippen molar-refractivity contribution in [2.45, 2.75) is 23.8 Å². The fourth-order valence-electron chi connectivity index (χ4n) is 4.93. The molecule has 0 radical (unpaired) electrons. The minimum Gasteiger partial charge on any atom is -0.497 e. The Morgan fingerprint density at radius 2 is 1.64 bits per heavy atom. The number of methoxy groups -OCH3 is 1. The zero-order valence-electron chi connectivity index (χ0n) is 22.9. The molecule has 1 heterocycles. The first-order chi connectivity index (χ1) is 20.3. The molecule has 0 spiro atoms. The summed E-state index contributed by atoms with van der Waals surface area (Å²) in [6, 6.07) is 26.9. The number of anilines is 1. The predicted molar refractivity (Wildman–Crippen MR) is 158 cm³/mol. The van der Waals surface area contributed by atoms with Gasteiger partial charge in [0.2, 0.25) is 5.91 Å². The fourth-order valence-corrected chi connectivity index (χ4v) is 6.58. The molecule has 1 aliphatic rings. The summed E-state index contributed by atoms with van der Waals surface area (Å²) in [5.41, 5.74) is 3.63. The van der Waals surface area contributed by atoms with E-state index in [1.807, 2.05) is 36.4 Å². The molecule has 42 heavy (non-hydrogen) atoms. The lowest BCUT2D eigenvalue weighted by molar-refractivity contribution is -0.136. The molecule has 216 valence electrons. The van der Waals surface area contributed by atoms with Crippen molar-refractivity contribution in [2.75, 3.05) is 24.6 Å². The Hall–Kier alpha value is -4.83. The normalized spacial score (nSPS) is 14.2. The van der Waals surface area contributed by atoms with Crippen LogP contribution in [0, 0.1) is 0 Å². The SMILES string of the molecule is COc1cccc(-c2ccc(S(=O)(=O)N3c4ccccc4C[C@H]3C(=O)NCCOc3ccc(CC(=O)O)cc3)cc2)c1. The number of carboxylic acid groups (broad SMARTS) is 1. The topological polar surface area (TPSA) is 122 Å². The average Bonchev–Trinajstić information content (AvgIpc) is 3.41. The van der Waals surface area contributed by atoms with Crippen molar-refractivity contribution >= 4 is 27.6 Å². The highest BCUT2D eigenvalue weighted by Crippen LogP contribution is 2.37. The summed E-state index contributed by atoms with van der Waals surface area (Å²) >= 11 is 0. The van der Waals surface area contributed by atoms with Crippen molar-refractivity contribution in [3.63, 3.8) is 0 Å². The Balaban J connectivity index is 1.28. The van der Waals surface area contributed by atoms with Gasteiger partial charge in [-0.3, -0.25) is 13.9 Å². The van der Waals surface area contributed by atoms with Gasteiger partial charge in [0.25, 0.3) is 10.0 Å². The van der Waals surface area contributed by atoms with Gasteiger partial charge in [-0.1, -0.05) is 54.6 Å². The molecule has 0 aliphatic carbocycles. The van der Waals surface area contributed by atoms with Gasteiger partial charge in [-0.15, -0.1) is 0 Å². The Labute approximate surface area is 244 Å². The van der Waals surface area contributed by atoms with Crippen LogP contribution in [0.2, 0.25) is 0 Å². The van der Waals surface area contributed by atoms with Crippen molar-refractivity contribution in [3.8, 4) is 22.6 Å². The summed E-state index contributed by atoms with van der Waals surface area (Å²) in [6.45, 7) is 0.313. The third kappa shape index (κ3) is 6.23. The quantitative estimate of drug-likeness (QED) is 0.251. The molecule has 0 fully saturated rings. The van der Waals surface area contributed by atoms with Gasteiger partial charge in [-0.2, -0.15) is 0 Å². The molecule has 0 saturated carbocycles. The van der Waals surface area contributed by atoms with Crippen LogP contribution in [0.1, 0.15) is 11.1 Å². The van der Waals surface area contributed by atoms with Gasteiger partial charge in [-0.25, -0.2) is 8.42 Å². The van der Waals surface area contributed by atoms with Crippen molar-refractivity contribution in [3.05, 3.63) is 108 Å². The number of sulfonamides is 1. The second-order valence-corrected chi connectivity index (χ2v) is 11.6. The van der Waals surface area contributed by atoms with Gasteiger partial charge in [0.05, 0.1) is 30.7 Å². The first-order valence-electron chi connectivity index (χ1n) is 13.3. The molecular weight excluding hydrogens is 556 g/mol. The molecule has 10 heteroatoms. The van der Waals surface area contributed by atoms with Crippen LogP contribution in [0.4, 0.5) is 5.69 Å². The molecule has 9 nitrogen and oxygen atoms in total. The molecule has 0 saturated heterocycles. The number of rotatable bonds is 11. The zero-order chi connectivity index (χ0) is 29.7. The molecule has 0 unspecified atom stereocenters. The molecule has 0 bridgehead atoms. The first kappa shape index (κ1) is 28.7. The van der Waals surface area contributed by atoms with E-state index in [9.17, 15) is 18.0 Å². The third-order valence-corrected chi connectivity index (χ3v) is 8.83. The van der Waals surface area contributed by atoms with E-state index < -0.39 is 27.9 Å². The second kappa shape index (κ2) is 12.4. The summed E-state index contributed by atoms with van der Waals surface area (Å²) in [5, 5.41) is 11.7. The monoisotopic (exact) mass is 586 g/mol. The Bertz CT molecular complexity index is 1690. The smallest absolute Gasteiger partial charge is 0.307 e. The average molecular weight is 587 g/mol. The van der Waals surface area contributed by atoms with Crippen LogP contribution in [0.5, 0.6) is 11.5 Å². The lowest BCUT2D eigenvalue weighted by Gasteiger charge is -2.26. The minimum absolute atomic E-state index is 0.0775. The van der Waals surface area contributed by atoms with Crippen LogP contribution < -0.4 is 19.1 Å². The largest absolute Gasteiger partial charge is 0.497 e. The number of nitrogens with zero attached hydrogens (tertiary/aromatic N) is 1. The highest BCUT2D eigenvalue weighted by molar-refractivity contribution is 7.93. The molecule has 4 aromatic carbocycles. The standard InChI is InChI=1S/C32H30N2O7S/c1-40-27-7-4-6-24(20-27)23-11-15-28(16-12-23)42(38,39)34-29-8-3-2-5-25(29)21-30(34)32(37)33-17-18-41-26-13-9-22(10-14-26)19-31(35)36/h2-16,20,30H,17-19,21H2,1H3,(H,33,37)(H,35,36)/t30-/m0/s1. The number of hydrogen-bond donors (Lipinski definition) is 2. The zero-order valence-corrected chi connectivity index (χ0v) is 23.7. The Morgan fingerprint density at radius 1 is 0.905 bits per heavy atom. The van der Waals surface area contributed by atoms with Crippen LogP contribution >= 0.6 is 0 Å². The number of carbonyl (C=O) groups is 2. The molecule has 4 aromatic rings. The highest BCUT2D eigenvalue weighted by atomic mass is 32.2. The molecule has 1 amide bonds. The number of para-hydroxylation sites is 1. The van der Waals surface area contributed by atoms with E-state index >= 15 is 0 Å². The number of aliphatic carboxylic acids is 1. The summed E-state index contributed by atoms with van der Waals surface area (Å²) in [5.74, 6) is -0.107. The van der Waals surface area contributed by atoms with Gasteiger partial charge in [0.15, 0.2) is 0 Å². The summed E-state index contributed by atoms with van der Waals surface area (Å²) < 4.78 is 40.0. The Morgan fingerprint density at radius 3 is 2.36 bits per heavy atom. The molecule has 0 aromatic heterocycles. The number of amides is 1. The first-order valence-corrected chi connectivity index (χ1v) is 14.8.